The van der Waals surface area contributed by atoms with Gasteiger partial charge in [0.15, 0.2) is 0 Å². The topological polar surface area (TPSA) is 37.3 Å². The molecule has 4 rings (SSSR count). The Morgan fingerprint density at radius 3 is 2.06 bits per heavy atom. The first-order valence-electron chi connectivity index (χ1n) is 14.6. The lowest BCUT2D eigenvalue weighted by atomic mass is 9.44. The molecule has 4 fully saturated rings. The summed E-state index contributed by atoms with van der Waals surface area (Å²) in [4.78, 5) is 11.0. The minimum atomic E-state index is -0.621. The van der Waals surface area contributed by atoms with Crippen LogP contribution in [0, 0.1) is 46.3 Å². The fourth-order valence-corrected chi connectivity index (χ4v) is 8.82. The summed E-state index contributed by atoms with van der Waals surface area (Å²) in [6.07, 6.45) is 15.7. The zero-order valence-electron chi connectivity index (χ0n) is 23.3. The predicted molar refractivity (Wildman–Crippen MR) is 140 cm³/mol. The van der Waals surface area contributed by atoms with Gasteiger partial charge in [-0.1, -0.05) is 75.2 Å². The van der Waals surface area contributed by atoms with E-state index in [4.69, 9.17) is 5.11 Å². The van der Waals surface area contributed by atoms with Gasteiger partial charge in [-0.05, 0) is 104 Å². The number of carboxylic acid groups (broad SMARTS) is 1. The molecule has 0 aromatic carbocycles. The summed E-state index contributed by atoms with van der Waals surface area (Å²) < 4.78 is 0. The maximum Gasteiger partial charge on any atom is 0.303 e. The largest absolute Gasteiger partial charge is 0.481 e. The second-order valence-electron chi connectivity index (χ2n) is 11.0. The van der Waals surface area contributed by atoms with E-state index in [2.05, 4.69) is 20.8 Å². The standard InChI is InChI=1S/C24H40O2.3C2H6/c1-16(7-12-22(25)26)19-10-11-20-18-9-8-17-6-4-5-14-23(17,2)21(18)13-15-24(19,20)3;3*1-2/h16-21H,4-15H2,1-3H3,(H,25,26);3*1-2H3/t16-,17?,18?,19?,20?,21?,23?,24?;;;/m1.../s1. The molecule has 2 heteroatoms. The molecule has 0 saturated heterocycles. The van der Waals surface area contributed by atoms with Crippen LogP contribution in [0.15, 0.2) is 0 Å². The number of aliphatic carboxylic acids is 1. The lowest BCUT2D eigenvalue weighted by Crippen LogP contribution is -2.53. The summed E-state index contributed by atoms with van der Waals surface area (Å²) in [5, 5.41) is 9.09. The molecule has 0 spiro atoms. The molecule has 7 unspecified atom stereocenters. The van der Waals surface area contributed by atoms with Crippen molar-refractivity contribution < 1.29 is 9.90 Å². The molecule has 2 nitrogen and oxygen atoms in total. The van der Waals surface area contributed by atoms with Crippen LogP contribution in [0.5, 0.6) is 0 Å². The summed E-state index contributed by atoms with van der Waals surface area (Å²) in [5.41, 5.74) is 1.12. The molecule has 0 aromatic rings. The molecule has 4 aliphatic carbocycles. The highest BCUT2D eigenvalue weighted by Crippen LogP contribution is 2.68. The van der Waals surface area contributed by atoms with E-state index < -0.39 is 5.97 Å². The van der Waals surface area contributed by atoms with E-state index in [-0.39, 0.29) is 0 Å². The lowest BCUT2D eigenvalue weighted by Gasteiger charge is -2.61. The fourth-order valence-electron chi connectivity index (χ4n) is 8.82. The van der Waals surface area contributed by atoms with Gasteiger partial charge in [-0.2, -0.15) is 0 Å². The Kier molecular flexibility index (Phi) is 12.3. The summed E-state index contributed by atoms with van der Waals surface area (Å²) in [6, 6.07) is 0. The molecule has 190 valence electrons. The van der Waals surface area contributed by atoms with Crippen LogP contribution < -0.4 is 0 Å². The molecule has 0 bridgehead atoms. The van der Waals surface area contributed by atoms with E-state index in [0.717, 1.165) is 36.0 Å². The third-order valence-corrected chi connectivity index (χ3v) is 10.2. The molecule has 0 amide bonds. The molecular weight excluding hydrogens is 392 g/mol. The summed E-state index contributed by atoms with van der Waals surface area (Å²) >= 11 is 0. The van der Waals surface area contributed by atoms with Crippen LogP contribution in [0.1, 0.15) is 139 Å². The van der Waals surface area contributed by atoms with Crippen LogP contribution in [0.4, 0.5) is 0 Å². The first kappa shape index (κ1) is 29.5. The van der Waals surface area contributed by atoms with Crippen LogP contribution in [0.25, 0.3) is 0 Å². The van der Waals surface area contributed by atoms with Gasteiger partial charge in [0.1, 0.15) is 0 Å². The van der Waals surface area contributed by atoms with Gasteiger partial charge in [-0.15, -0.1) is 0 Å². The van der Waals surface area contributed by atoms with Crippen LogP contribution in [0.2, 0.25) is 0 Å². The van der Waals surface area contributed by atoms with Gasteiger partial charge in [-0.25, -0.2) is 0 Å². The molecule has 4 aliphatic rings. The smallest absolute Gasteiger partial charge is 0.303 e. The summed E-state index contributed by atoms with van der Waals surface area (Å²) in [5.74, 6) is 4.57. The molecule has 0 aliphatic heterocycles. The van der Waals surface area contributed by atoms with Crippen molar-refractivity contribution in [2.24, 2.45) is 46.3 Å². The van der Waals surface area contributed by atoms with E-state index >= 15 is 0 Å². The van der Waals surface area contributed by atoms with Crippen molar-refractivity contribution in [1.82, 2.24) is 0 Å². The Bertz CT molecular complexity index is 543. The number of hydrogen-bond acceptors (Lipinski definition) is 1. The highest BCUT2D eigenvalue weighted by Gasteiger charge is 2.60. The van der Waals surface area contributed by atoms with Crippen LogP contribution in [-0.4, -0.2) is 11.1 Å². The maximum absolute atomic E-state index is 11.0. The normalized spacial score (nSPS) is 40.3. The van der Waals surface area contributed by atoms with Crippen LogP contribution >= 0.6 is 0 Å². The Labute approximate surface area is 201 Å². The summed E-state index contributed by atoms with van der Waals surface area (Å²) in [7, 11) is 0. The third-order valence-electron chi connectivity index (χ3n) is 10.2. The first-order chi connectivity index (χ1) is 15.4. The number of carbonyl (C=O) groups is 1. The van der Waals surface area contributed by atoms with E-state index in [1.165, 1.54) is 64.2 Å². The van der Waals surface area contributed by atoms with E-state index in [9.17, 15) is 4.79 Å². The zero-order valence-corrected chi connectivity index (χ0v) is 23.3. The molecule has 32 heavy (non-hydrogen) atoms. The Balaban J connectivity index is 0.000000789. The number of fused-ring (bicyclic) bond motifs is 5. The molecule has 0 radical (unpaired) electrons. The van der Waals surface area contributed by atoms with Crippen LogP contribution in [-0.2, 0) is 4.79 Å². The van der Waals surface area contributed by atoms with Gasteiger partial charge in [0.05, 0.1) is 0 Å². The van der Waals surface area contributed by atoms with Gasteiger partial charge >= 0.3 is 5.97 Å². The highest BCUT2D eigenvalue weighted by molar-refractivity contribution is 5.66. The Morgan fingerprint density at radius 1 is 0.812 bits per heavy atom. The van der Waals surface area contributed by atoms with Gasteiger partial charge in [0, 0.05) is 6.42 Å². The number of carboxylic acids is 1. The Hall–Kier alpha value is -0.530. The third kappa shape index (κ3) is 5.75. The maximum atomic E-state index is 11.0. The average molecular weight is 451 g/mol. The van der Waals surface area contributed by atoms with Crippen molar-refractivity contribution in [3.05, 3.63) is 0 Å². The zero-order chi connectivity index (χ0) is 24.5. The summed E-state index contributed by atoms with van der Waals surface area (Å²) in [6.45, 7) is 19.6. The molecule has 8 atom stereocenters. The van der Waals surface area contributed by atoms with Crippen molar-refractivity contribution in [3.8, 4) is 0 Å². The second kappa shape index (κ2) is 13.4. The predicted octanol–water partition coefficient (Wildman–Crippen LogP) is 9.61. The molecule has 0 aromatic heterocycles. The minimum Gasteiger partial charge on any atom is -0.481 e. The van der Waals surface area contributed by atoms with Crippen molar-refractivity contribution in [3.63, 3.8) is 0 Å². The molecular formula is C30H58O2. The minimum absolute atomic E-state index is 0.351. The highest BCUT2D eigenvalue weighted by atomic mass is 16.4. The average Bonchev–Trinajstić information content (AvgIpc) is 3.18. The number of hydrogen-bond donors (Lipinski definition) is 1. The van der Waals surface area contributed by atoms with E-state index in [1.807, 2.05) is 41.5 Å². The Morgan fingerprint density at radius 2 is 1.44 bits per heavy atom. The van der Waals surface area contributed by atoms with Gasteiger partial charge < -0.3 is 5.11 Å². The van der Waals surface area contributed by atoms with Gasteiger partial charge in [0.25, 0.3) is 0 Å². The monoisotopic (exact) mass is 450 g/mol. The number of rotatable bonds is 4. The van der Waals surface area contributed by atoms with E-state index in [1.54, 1.807) is 0 Å². The second-order valence-corrected chi connectivity index (χ2v) is 11.0. The van der Waals surface area contributed by atoms with Gasteiger partial charge in [0.2, 0.25) is 0 Å². The van der Waals surface area contributed by atoms with Crippen LogP contribution in [0.3, 0.4) is 0 Å². The molecule has 4 saturated carbocycles. The lowest BCUT2D eigenvalue weighted by molar-refractivity contribution is -0.137. The SMILES string of the molecule is CC.CC.CC.C[C@H](CCC(=O)O)C1CCC2C3CCC4CCCCC4(C)C3CCC21C. The van der Waals surface area contributed by atoms with Crippen molar-refractivity contribution in [1.29, 1.82) is 0 Å². The fraction of sp³-hybridized carbons (Fsp3) is 0.967. The molecule has 0 heterocycles. The van der Waals surface area contributed by atoms with E-state index in [0.29, 0.717) is 23.2 Å². The van der Waals surface area contributed by atoms with Crippen molar-refractivity contribution >= 4 is 5.97 Å². The molecule has 1 N–H and O–H groups in total. The van der Waals surface area contributed by atoms with Crippen molar-refractivity contribution in [2.45, 2.75) is 139 Å². The van der Waals surface area contributed by atoms with Gasteiger partial charge in [-0.3, -0.25) is 4.79 Å². The first-order valence-corrected chi connectivity index (χ1v) is 14.6. The quantitative estimate of drug-likeness (QED) is 0.463. The van der Waals surface area contributed by atoms with Crippen molar-refractivity contribution in [2.75, 3.05) is 0 Å².